The number of carbonyl (C=O) groups excluding carboxylic acids is 1. The fraction of sp³-hybridized carbons (Fsp3) is 0.208. The minimum atomic E-state index is -0.0403. The summed E-state index contributed by atoms with van der Waals surface area (Å²) in [6, 6.07) is 22.1. The zero-order valence-corrected chi connectivity index (χ0v) is 18.4. The maximum Gasteiger partial charge on any atom is 0.230 e. The number of fused-ring (bicyclic) bond motifs is 1. The maximum atomic E-state index is 12.1. The first-order chi connectivity index (χ1) is 15.1. The third-order valence-electron chi connectivity index (χ3n) is 5.10. The van der Waals surface area contributed by atoms with Gasteiger partial charge in [0.25, 0.3) is 0 Å². The second-order valence-corrected chi connectivity index (χ2v) is 8.15. The molecule has 1 heterocycles. The lowest BCUT2D eigenvalue weighted by atomic mass is 10.0. The summed E-state index contributed by atoms with van der Waals surface area (Å²) in [4.78, 5) is 12.1. The summed E-state index contributed by atoms with van der Waals surface area (Å²) in [5, 5.41) is 14.4. The monoisotopic (exact) mass is 432 g/mol. The number of aryl methyl sites for hydroxylation is 1. The van der Waals surface area contributed by atoms with Crippen LogP contribution in [0.1, 0.15) is 17.0 Å². The molecule has 0 unspecified atom stereocenters. The highest BCUT2D eigenvalue weighted by molar-refractivity contribution is 7.99. The van der Waals surface area contributed by atoms with Gasteiger partial charge < -0.3 is 14.6 Å². The molecular weight excluding hydrogens is 408 g/mol. The first kappa shape index (κ1) is 20.9. The highest BCUT2D eigenvalue weighted by Crippen LogP contribution is 2.27. The van der Waals surface area contributed by atoms with Crippen LogP contribution in [0.4, 0.5) is 0 Å². The molecule has 6 nitrogen and oxygen atoms in total. The molecule has 4 aromatic rings. The van der Waals surface area contributed by atoms with Crippen molar-refractivity contribution >= 4 is 28.4 Å². The number of hydrogen-bond donors (Lipinski definition) is 1. The summed E-state index contributed by atoms with van der Waals surface area (Å²) in [5.41, 5.74) is 2.17. The van der Waals surface area contributed by atoms with E-state index in [1.165, 1.54) is 22.5 Å². The zero-order chi connectivity index (χ0) is 21.6. The molecule has 0 saturated heterocycles. The number of thioether (sulfide) groups is 1. The van der Waals surface area contributed by atoms with Crippen molar-refractivity contribution in [3.05, 3.63) is 83.7 Å². The molecule has 7 heteroatoms. The van der Waals surface area contributed by atoms with Crippen LogP contribution in [0, 0.1) is 6.92 Å². The molecule has 0 saturated carbocycles. The second kappa shape index (κ2) is 9.66. The van der Waals surface area contributed by atoms with Gasteiger partial charge in [-0.2, -0.15) is 0 Å². The number of hydrogen-bond acceptors (Lipinski definition) is 5. The standard InChI is InChI=1S/C24H24N4O2S/c1-17-20-11-7-6-10-19(20)12-13-21(17)30-15-22-26-27-24(28(22)2)31-16-23(29)25-14-18-8-4-3-5-9-18/h3-13H,14-16H2,1-2H3,(H,25,29). The van der Waals surface area contributed by atoms with E-state index >= 15 is 0 Å². The smallest absolute Gasteiger partial charge is 0.230 e. The fourth-order valence-electron chi connectivity index (χ4n) is 3.28. The molecule has 0 atom stereocenters. The number of aromatic nitrogens is 3. The van der Waals surface area contributed by atoms with Gasteiger partial charge in [-0.15, -0.1) is 10.2 Å². The van der Waals surface area contributed by atoms with Crippen molar-refractivity contribution in [3.8, 4) is 5.75 Å². The topological polar surface area (TPSA) is 69.0 Å². The van der Waals surface area contributed by atoms with Gasteiger partial charge in [0.1, 0.15) is 12.4 Å². The molecule has 0 aliphatic heterocycles. The predicted octanol–water partition coefficient (Wildman–Crippen LogP) is 4.26. The van der Waals surface area contributed by atoms with Crippen molar-refractivity contribution in [1.82, 2.24) is 20.1 Å². The van der Waals surface area contributed by atoms with E-state index in [1.54, 1.807) is 0 Å². The molecule has 1 amide bonds. The average Bonchev–Trinajstić information content (AvgIpc) is 3.16. The van der Waals surface area contributed by atoms with Gasteiger partial charge in [-0.25, -0.2) is 0 Å². The number of ether oxygens (including phenoxy) is 1. The van der Waals surface area contributed by atoms with Crippen LogP contribution in [0.2, 0.25) is 0 Å². The van der Waals surface area contributed by atoms with E-state index in [0.29, 0.717) is 24.1 Å². The number of benzene rings is 3. The normalized spacial score (nSPS) is 10.9. The van der Waals surface area contributed by atoms with Gasteiger partial charge in [0.15, 0.2) is 11.0 Å². The van der Waals surface area contributed by atoms with Crippen molar-refractivity contribution in [2.24, 2.45) is 7.05 Å². The van der Waals surface area contributed by atoms with E-state index in [2.05, 4.69) is 40.6 Å². The van der Waals surface area contributed by atoms with Crippen molar-refractivity contribution in [2.45, 2.75) is 25.2 Å². The van der Waals surface area contributed by atoms with Gasteiger partial charge >= 0.3 is 0 Å². The number of carbonyl (C=O) groups is 1. The van der Waals surface area contributed by atoms with E-state index in [4.69, 9.17) is 4.74 Å². The third kappa shape index (κ3) is 5.06. The van der Waals surface area contributed by atoms with Gasteiger partial charge in [-0.3, -0.25) is 4.79 Å². The Morgan fingerprint density at radius 2 is 1.81 bits per heavy atom. The number of nitrogens with one attached hydrogen (secondary N) is 1. The van der Waals surface area contributed by atoms with Crippen LogP contribution >= 0.6 is 11.8 Å². The predicted molar refractivity (Wildman–Crippen MR) is 123 cm³/mol. The van der Waals surface area contributed by atoms with Gasteiger partial charge in [0.2, 0.25) is 5.91 Å². The highest BCUT2D eigenvalue weighted by Gasteiger charge is 2.13. The molecule has 0 fully saturated rings. The molecule has 1 N–H and O–H groups in total. The molecule has 0 radical (unpaired) electrons. The Morgan fingerprint density at radius 1 is 1.03 bits per heavy atom. The lowest BCUT2D eigenvalue weighted by Crippen LogP contribution is -2.24. The largest absolute Gasteiger partial charge is 0.485 e. The Labute approximate surface area is 185 Å². The van der Waals surface area contributed by atoms with Crippen LogP contribution < -0.4 is 10.1 Å². The Kier molecular flexibility index (Phi) is 6.52. The second-order valence-electron chi connectivity index (χ2n) is 7.21. The Balaban J connectivity index is 1.32. The molecule has 0 bridgehead atoms. The molecule has 0 spiro atoms. The highest BCUT2D eigenvalue weighted by atomic mass is 32.2. The Hall–Kier alpha value is -3.32. The van der Waals surface area contributed by atoms with Crippen molar-refractivity contribution in [2.75, 3.05) is 5.75 Å². The molecule has 31 heavy (non-hydrogen) atoms. The molecule has 4 rings (SSSR count). The first-order valence-corrected chi connectivity index (χ1v) is 11.0. The lowest BCUT2D eigenvalue weighted by molar-refractivity contribution is -0.118. The van der Waals surface area contributed by atoms with Crippen molar-refractivity contribution in [3.63, 3.8) is 0 Å². The summed E-state index contributed by atoms with van der Waals surface area (Å²) in [7, 11) is 1.89. The van der Waals surface area contributed by atoms with Crippen LogP contribution in [0.15, 0.2) is 71.9 Å². The first-order valence-electron chi connectivity index (χ1n) is 10.0. The van der Waals surface area contributed by atoms with E-state index in [1.807, 2.05) is 60.1 Å². The van der Waals surface area contributed by atoms with Gasteiger partial charge in [0.05, 0.1) is 5.75 Å². The van der Waals surface area contributed by atoms with E-state index < -0.39 is 0 Å². The number of amides is 1. The maximum absolute atomic E-state index is 12.1. The Bertz CT molecular complexity index is 1190. The summed E-state index contributed by atoms with van der Waals surface area (Å²) < 4.78 is 7.89. The van der Waals surface area contributed by atoms with Crippen molar-refractivity contribution < 1.29 is 9.53 Å². The van der Waals surface area contributed by atoms with E-state index in [9.17, 15) is 4.79 Å². The lowest BCUT2D eigenvalue weighted by Gasteiger charge is -2.11. The van der Waals surface area contributed by atoms with Crippen LogP contribution in [-0.2, 0) is 25.0 Å². The molecule has 3 aromatic carbocycles. The van der Waals surface area contributed by atoms with Gasteiger partial charge in [-0.05, 0) is 34.9 Å². The van der Waals surface area contributed by atoms with Crippen LogP contribution in [-0.4, -0.2) is 26.4 Å². The molecule has 158 valence electrons. The summed E-state index contributed by atoms with van der Waals surface area (Å²) >= 11 is 1.36. The molecule has 0 aliphatic carbocycles. The van der Waals surface area contributed by atoms with E-state index in [0.717, 1.165) is 16.9 Å². The third-order valence-corrected chi connectivity index (χ3v) is 6.12. The minimum Gasteiger partial charge on any atom is -0.485 e. The Morgan fingerprint density at radius 3 is 2.65 bits per heavy atom. The van der Waals surface area contributed by atoms with E-state index in [-0.39, 0.29) is 11.7 Å². The quantitative estimate of drug-likeness (QED) is 0.421. The van der Waals surface area contributed by atoms with Gasteiger partial charge in [-0.1, -0.05) is 72.4 Å². The van der Waals surface area contributed by atoms with Crippen LogP contribution in [0.25, 0.3) is 10.8 Å². The average molecular weight is 433 g/mol. The SMILES string of the molecule is Cc1c(OCc2nnc(SCC(=O)NCc3ccccc3)n2C)ccc2ccccc12. The minimum absolute atomic E-state index is 0.0403. The zero-order valence-electron chi connectivity index (χ0n) is 17.5. The fourth-order valence-corrected chi connectivity index (χ4v) is 4.04. The number of rotatable bonds is 8. The summed E-state index contributed by atoms with van der Waals surface area (Å²) in [6.45, 7) is 2.89. The molecular formula is C24H24N4O2S. The number of nitrogens with zero attached hydrogens (tertiary/aromatic N) is 3. The summed E-state index contributed by atoms with van der Waals surface area (Å²) in [6.07, 6.45) is 0. The molecule has 0 aliphatic rings. The summed E-state index contributed by atoms with van der Waals surface area (Å²) in [5.74, 6) is 1.78. The van der Waals surface area contributed by atoms with Crippen LogP contribution in [0.3, 0.4) is 0 Å². The van der Waals surface area contributed by atoms with Crippen molar-refractivity contribution in [1.29, 1.82) is 0 Å². The van der Waals surface area contributed by atoms with Crippen LogP contribution in [0.5, 0.6) is 5.75 Å². The molecule has 1 aromatic heterocycles. The van der Waals surface area contributed by atoms with Gasteiger partial charge in [0, 0.05) is 13.6 Å².